The van der Waals surface area contributed by atoms with Gasteiger partial charge in [-0.1, -0.05) is 13.8 Å². The van der Waals surface area contributed by atoms with E-state index >= 15 is 0 Å². The Hall–Kier alpha value is -0.410. The summed E-state index contributed by atoms with van der Waals surface area (Å²) in [5, 5.41) is 4.70. The number of hydrogen-bond donors (Lipinski definition) is 1. The van der Waals surface area contributed by atoms with E-state index in [0.29, 0.717) is 0 Å². The molecule has 0 aliphatic heterocycles. The van der Waals surface area contributed by atoms with Gasteiger partial charge in [0.05, 0.1) is 5.69 Å². The van der Waals surface area contributed by atoms with Crippen LogP contribution in [0, 0.1) is 5.92 Å². The normalized spacial score (nSPS) is 20.3. The minimum absolute atomic E-state index is 0.856. The molecule has 0 bridgehead atoms. The van der Waals surface area contributed by atoms with Crippen molar-refractivity contribution in [2.24, 2.45) is 5.92 Å². The number of rotatable bonds is 4. The van der Waals surface area contributed by atoms with Gasteiger partial charge >= 0.3 is 0 Å². The van der Waals surface area contributed by atoms with Gasteiger partial charge in [-0.05, 0) is 38.1 Å². The molecular formula is C12H20N2S. The summed E-state index contributed by atoms with van der Waals surface area (Å²) < 4.78 is 0. The van der Waals surface area contributed by atoms with Crippen molar-refractivity contribution in [1.29, 1.82) is 0 Å². The minimum Gasteiger partial charge on any atom is -0.310 e. The molecule has 0 amide bonds. The first-order valence-electron chi connectivity index (χ1n) is 5.97. The number of thiazole rings is 1. The summed E-state index contributed by atoms with van der Waals surface area (Å²) in [5.41, 5.74) is 1.38. The minimum atomic E-state index is 0.856. The number of aryl methyl sites for hydroxylation is 1. The molecule has 1 aromatic rings. The smallest absolute Gasteiger partial charge is 0.107 e. The summed E-state index contributed by atoms with van der Waals surface area (Å²) in [5.74, 6) is 0.856. The Kier molecular flexibility index (Phi) is 3.76. The maximum atomic E-state index is 4.71. The van der Waals surface area contributed by atoms with Crippen LogP contribution in [-0.2, 0) is 19.4 Å². The van der Waals surface area contributed by atoms with Crippen LogP contribution in [0.3, 0.4) is 0 Å². The fraction of sp³-hybridized carbons (Fsp3) is 0.750. The summed E-state index contributed by atoms with van der Waals surface area (Å²) in [4.78, 5) is 6.26. The van der Waals surface area contributed by atoms with Crippen LogP contribution < -0.4 is 5.32 Å². The maximum Gasteiger partial charge on any atom is 0.107 e. The van der Waals surface area contributed by atoms with Crippen LogP contribution in [0.25, 0.3) is 0 Å². The number of nitrogens with zero attached hydrogens (tertiary/aromatic N) is 1. The number of fused-ring (bicyclic) bond motifs is 1. The first-order valence-corrected chi connectivity index (χ1v) is 6.79. The van der Waals surface area contributed by atoms with Crippen LogP contribution in [0.4, 0.5) is 0 Å². The Morgan fingerprint density at radius 1 is 1.53 bits per heavy atom. The van der Waals surface area contributed by atoms with Crippen molar-refractivity contribution in [3.63, 3.8) is 0 Å². The number of aromatic nitrogens is 1. The lowest BCUT2D eigenvalue weighted by molar-refractivity contribution is 0.501. The molecule has 1 aliphatic carbocycles. The molecule has 1 aliphatic rings. The van der Waals surface area contributed by atoms with E-state index in [1.807, 2.05) is 11.3 Å². The highest BCUT2D eigenvalue weighted by atomic mass is 32.1. The van der Waals surface area contributed by atoms with Crippen molar-refractivity contribution in [3.05, 3.63) is 15.6 Å². The zero-order valence-electron chi connectivity index (χ0n) is 9.68. The largest absolute Gasteiger partial charge is 0.310 e. The van der Waals surface area contributed by atoms with E-state index < -0.39 is 0 Å². The number of nitrogens with one attached hydrogen (secondary N) is 1. The molecule has 1 heterocycles. The summed E-state index contributed by atoms with van der Waals surface area (Å²) in [6, 6.07) is 0. The van der Waals surface area contributed by atoms with Crippen LogP contribution in [0.2, 0.25) is 0 Å². The Bertz CT molecular complexity index is 319. The zero-order valence-corrected chi connectivity index (χ0v) is 10.5. The topological polar surface area (TPSA) is 24.9 Å². The first kappa shape index (κ1) is 11.1. The first-order chi connectivity index (χ1) is 7.29. The molecule has 0 saturated heterocycles. The molecule has 0 radical (unpaired) electrons. The van der Waals surface area contributed by atoms with Gasteiger partial charge in [0.2, 0.25) is 0 Å². The molecule has 3 heteroatoms. The van der Waals surface area contributed by atoms with Crippen molar-refractivity contribution < 1.29 is 0 Å². The van der Waals surface area contributed by atoms with Crippen LogP contribution >= 0.6 is 11.3 Å². The second-order valence-electron chi connectivity index (χ2n) is 4.50. The summed E-state index contributed by atoms with van der Waals surface area (Å²) in [7, 11) is 0. The Balaban J connectivity index is 1.96. The second kappa shape index (κ2) is 5.08. The maximum absolute atomic E-state index is 4.71. The van der Waals surface area contributed by atoms with Crippen LogP contribution in [0.5, 0.6) is 0 Å². The average molecular weight is 224 g/mol. The predicted molar refractivity (Wildman–Crippen MR) is 65.3 cm³/mol. The Labute approximate surface area is 96.1 Å². The molecule has 1 unspecified atom stereocenters. The van der Waals surface area contributed by atoms with E-state index in [1.165, 1.54) is 36.4 Å². The van der Waals surface area contributed by atoms with E-state index in [9.17, 15) is 0 Å². The lowest BCUT2D eigenvalue weighted by Crippen LogP contribution is -2.13. The Morgan fingerprint density at radius 3 is 3.20 bits per heavy atom. The SMILES string of the molecule is CCCNCc1nc2c(s1)CC(C)CC2. The molecule has 1 N–H and O–H groups in total. The van der Waals surface area contributed by atoms with Gasteiger partial charge in [0.25, 0.3) is 0 Å². The quantitative estimate of drug-likeness (QED) is 0.796. The van der Waals surface area contributed by atoms with Gasteiger partial charge in [-0.25, -0.2) is 4.98 Å². The molecule has 84 valence electrons. The van der Waals surface area contributed by atoms with Crippen LogP contribution in [-0.4, -0.2) is 11.5 Å². The van der Waals surface area contributed by atoms with Gasteiger partial charge in [-0.3, -0.25) is 0 Å². The van der Waals surface area contributed by atoms with Crippen molar-refractivity contribution >= 4 is 11.3 Å². The van der Waals surface area contributed by atoms with E-state index in [0.717, 1.165) is 19.0 Å². The third kappa shape index (κ3) is 2.79. The lowest BCUT2D eigenvalue weighted by atomic mass is 9.93. The highest BCUT2D eigenvalue weighted by molar-refractivity contribution is 7.11. The van der Waals surface area contributed by atoms with Crippen molar-refractivity contribution in [2.45, 2.75) is 46.1 Å². The molecule has 2 rings (SSSR count). The predicted octanol–water partition coefficient (Wildman–Crippen LogP) is 2.77. The van der Waals surface area contributed by atoms with Crippen molar-refractivity contribution in [3.8, 4) is 0 Å². The van der Waals surface area contributed by atoms with Gasteiger partial charge in [-0.2, -0.15) is 0 Å². The molecule has 1 aromatic heterocycles. The summed E-state index contributed by atoms with van der Waals surface area (Å²) in [6.45, 7) is 6.60. The van der Waals surface area contributed by atoms with Crippen molar-refractivity contribution in [2.75, 3.05) is 6.54 Å². The molecule has 0 fully saturated rings. The van der Waals surface area contributed by atoms with E-state index in [2.05, 4.69) is 19.2 Å². The van der Waals surface area contributed by atoms with E-state index in [4.69, 9.17) is 4.98 Å². The van der Waals surface area contributed by atoms with Crippen LogP contribution in [0.1, 0.15) is 42.3 Å². The summed E-state index contributed by atoms with van der Waals surface area (Å²) in [6.07, 6.45) is 4.96. The highest BCUT2D eigenvalue weighted by Gasteiger charge is 2.19. The fourth-order valence-electron chi connectivity index (χ4n) is 2.04. The molecule has 0 saturated carbocycles. The zero-order chi connectivity index (χ0) is 10.7. The second-order valence-corrected chi connectivity index (χ2v) is 5.67. The lowest BCUT2D eigenvalue weighted by Gasteiger charge is -2.15. The fourth-order valence-corrected chi connectivity index (χ4v) is 3.29. The average Bonchev–Trinajstić information content (AvgIpc) is 2.60. The van der Waals surface area contributed by atoms with Gasteiger partial charge in [-0.15, -0.1) is 11.3 Å². The third-order valence-electron chi connectivity index (χ3n) is 2.93. The van der Waals surface area contributed by atoms with E-state index in [1.54, 1.807) is 4.88 Å². The van der Waals surface area contributed by atoms with Crippen molar-refractivity contribution in [1.82, 2.24) is 10.3 Å². The number of hydrogen-bond acceptors (Lipinski definition) is 3. The van der Waals surface area contributed by atoms with E-state index in [-0.39, 0.29) is 0 Å². The molecule has 1 atom stereocenters. The molecule has 0 spiro atoms. The highest BCUT2D eigenvalue weighted by Crippen LogP contribution is 2.29. The van der Waals surface area contributed by atoms with Gasteiger partial charge in [0.1, 0.15) is 5.01 Å². The molecule has 0 aromatic carbocycles. The van der Waals surface area contributed by atoms with Gasteiger partial charge < -0.3 is 5.32 Å². The molecule has 2 nitrogen and oxygen atoms in total. The summed E-state index contributed by atoms with van der Waals surface area (Å²) >= 11 is 1.92. The monoisotopic (exact) mass is 224 g/mol. The Morgan fingerprint density at radius 2 is 2.40 bits per heavy atom. The third-order valence-corrected chi connectivity index (χ3v) is 4.05. The van der Waals surface area contributed by atoms with Gasteiger partial charge in [0.15, 0.2) is 0 Å². The molecule has 15 heavy (non-hydrogen) atoms. The molecular weight excluding hydrogens is 204 g/mol. The standard InChI is InChI=1S/C12H20N2S/c1-3-6-13-8-12-14-10-5-4-9(2)7-11(10)15-12/h9,13H,3-8H2,1-2H3. The van der Waals surface area contributed by atoms with Crippen LogP contribution in [0.15, 0.2) is 0 Å². The van der Waals surface area contributed by atoms with Gasteiger partial charge in [0, 0.05) is 11.4 Å².